The van der Waals surface area contributed by atoms with Crippen LogP contribution in [-0.2, 0) is 16.1 Å². The van der Waals surface area contributed by atoms with Crippen LogP contribution in [0, 0.1) is 5.92 Å². The molecule has 238 valence electrons. The van der Waals surface area contributed by atoms with Gasteiger partial charge in [0.1, 0.15) is 11.5 Å². The summed E-state index contributed by atoms with van der Waals surface area (Å²) in [4.78, 5) is 15.7. The SMILES string of the molecule is COCCCOc1cc(C(=O)N(CC2CNCC2OCc2cccc(-c3cc(OC)ccc3OC)c2)C(C)C)ccc1OC. The van der Waals surface area contributed by atoms with E-state index >= 15 is 0 Å². The molecule has 1 saturated heterocycles. The van der Waals surface area contributed by atoms with Crippen molar-refractivity contribution in [3.05, 3.63) is 71.8 Å². The Labute approximate surface area is 261 Å². The van der Waals surface area contributed by atoms with Gasteiger partial charge in [-0.2, -0.15) is 0 Å². The van der Waals surface area contributed by atoms with E-state index in [1.165, 1.54) is 0 Å². The molecule has 2 atom stereocenters. The van der Waals surface area contributed by atoms with Crippen molar-refractivity contribution in [1.29, 1.82) is 0 Å². The normalized spacial score (nSPS) is 16.2. The van der Waals surface area contributed by atoms with E-state index in [4.69, 9.17) is 28.4 Å². The highest BCUT2D eigenvalue weighted by Crippen LogP contribution is 2.34. The van der Waals surface area contributed by atoms with Gasteiger partial charge in [0.15, 0.2) is 11.5 Å². The van der Waals surface area contributed by atoms with Gasteiger partial charge in [-0.25, -0.2) is 0 Å². The van der Waals surface area contributed by atoms with Crippen LogP contribution in [-0.4, -0.2) is 84.2 Å². The van der Waals surface area contributed by atoms with Crippen molar-refractivity contribution >= 4 is 5.91 Å². The number of nitrogens with one attached hydrogen (secondary N) is 1. The molecule has 2 unspecified atom stereocenters. The number of methoxy groups -OCH3 is 4. The molecule has 4 rings (SSSR count). The number of carbonyl (C=O) groups is 1. The zero-order valence-corrected chi connectivity index (χ0v) is 26.8. The molecule has 0 spiro atoms. The van der Waals surface area contributed by atoms with Crippen molar-refractivity contribution in [1.82, 2.24) is 10.2 Å². The first-order valence-electron chi connectivity index (χ1n) is 15.1. The fraction of sp³-hybridized carbons (Fsp3) is 0.457. The monoisotopic (exact) mass is 606 g/mol. The molecule has 1 aliphatic heterocycles. The number of hydrogen-bond donors (Lipinski definition) is 1. The number of carbonyl (C=O) groups excluding carboxylic acids is 1. The molecule has 0 aliphatic carbocycles. The van der Waals surface area contributed by atoms with Crippen molar-refractivity contribution in [3.63, 3.8) is 0 Å². The predicted octanol–water partition coefficient (Wildman–Crippen LogP) is 5.45. The maximum absolute atomic E-state index is 13.8. The molecule has 0 radical (unpaired) electrons. The van der Waals surface area contributed by atoms with Gasteiger partial charge in [0.2, 0.25) is 0 Å². The molecule has 9 nitrogen and oxygen atoms in total. The number of ether oxygens (including phenoxy) is 6. The van der Waals surface area contributed by atoms with E-state index in [2.05, 4.69) is 23.5 Å². The quantitative estimate of drug-likeness (QED) is 0.216. The van der Waals surface area contributed by atoms with Crippen molar-refractivity contribution in [2.24, 2.45) is 5.92 Å². The van der Waals surface area contributed by atoms with Gasteiger partial charge in [-0.05, 0) is 67.4 Å². The first-order chi connectivity index (χ1) is 21.4. The summed E-state index contributed by atoms with van der Waals surface area (Å²) < 4.78 is 34.0. The van der Waals surface area contributed by atoms with Gasteiger partial charge in [-0.3, -0.25) is 4.79 Å². The molecule has 0 bridgehead atoms. The highest BCUT2D eigenvalue weighted by atomic mass is 16.5. The number of amides is 1. The van der Waals surface area contributed by atoms with Crippen molar-refractivity contribution < 1.29 is 33.2 Å². The third-order valence-corrected chi connectivity index (χ3v) is 7.86. The molecule has 1 amide bonds. The summed E-state index contributed by atoms with van der Waals surface area (Å²) in [5, 5.41) is 3.46. The van der Waals surface area contributed by atoms with E-state index in [0.717, 1.165) is 47.7 Å². The van der Waals surface area contributed by atoms with Gasteiger partial charge in [0, 0.05) is 62.9 Å². The van der Waals surface area contributed by atoms with E-state index in [1.807, 2.05) is 43.0 Å². The maximum Gasteiger partial charge on any atom is 0.254 e. The third-order valence-electron chi connectivity index (χ3n) is 7.86. The molecule has 1 fully saturated rings. The molecule has 1 heterocycles. The Balaban J connectivity index is 1.43. The van der Waals surface area contributed by atoms with Gasteiger partial charge in [-0.15, -0.1) is 0 Å². The molecule has 3 aromatic rings. The number of rotatable bonds is 16. The number of hydrogen-bond acceptors (Lipinski definition) is 8. The van der Waals surface area contributed by atoms with Gasteiger partial charge in [0.05, 0.1) is 40.6 Å². The fourth-order valence-electron chi connectivity index (χ4n) is 5.41. The Hall–Kier alpha value is -3.79. The molecule has 1 N–H and O–H groups in total. The molecule has 3 aromatic carbocycles. The van der Waals surface area contributed by atoms with Crippen LogP contribution in [0.1, 0.15) is 36.2 Å². The summed E-state index contributed by atoms with van der Waals surface area (Å²) >= 11 is 0. The lowest BCUT2D eigenvalue weighted by Gasteiger charge is -2.31. The van der Waals surface area contributed by atoms with Crippen LogP contribution in [0.2, 0.25) is 0 Å². The van der Waals surface area contributed by atoms with Gasteiger partial charge >= 0.3 is 0 Å². The topological polar surface area (TPSA) is 87.7 Å². The molecule has 0 aromatic heterocycles. The highest BCUT2D eigenvalue weighted by Gasteiger charge is 2.32. The van der Waals surface area contributed by atoms with Gasteiger partial charge in [0.25, 0.3) is 5.91 Å². The lowest BCUT2D eigenvalue weighted by atomic mass is 10.0. The second-order valence-electron chi connectivity index (χ2n) is 11.1. The van der Waals surface area contributed by atoms with E-state index in [-0.39, 0.29) is 24.0 Å². The summed E-state index contributed by atoms with van der Waals surface area (Å²) in [5.41, 5.74) is 3.61. The minimum atomic E-state index is -0.0463. The first-order valence-corrected chi connectivity index (χ1v) is 15.1. The summed E-state index contributed by atoms with van der Waals surface area (Å²) in [7, 11) is 6.58. The van der Waals surface area contributed by atoms with Crippen molar-refractivity contribution in [2.45, 2.75) is 39.0 Å². The standard InChI is InChI=1S/C35H46N2O7/c1-24(2)37(35(38)27-11-13-32(42-6)33(18-27)43-16-8-15-39-3)22-28-20-36-21-34(28)44-23-25-9-7-10-26(17-25)30-19-29(40-4)12-14-31(30)41-5/h7,9-14,17-19,24,28,34,36H,8,15-16,20-23H2,1-6H3. The Morgan fingerprint density at radius 1 is 0.886 bits per heavy atom. The van der Waals surface area contributed by atoms with Crippen LogP contribution in [0.5, 0.6) is 23.0 Å². The van der Waals surface area contributed by atoms with Gasteiger partial charge in [-0.1, -0.05) is 18.2 Å². The van der Waals surface area contributed by atoms with Crippen LogP contribution in [0.3, 0.4) is 0 Å². The van der Waals surface area contributed by atoms with E-state index in [1.54, 1.807) is 46.6 Å². The Kier molecular flexibility index (Phi) is 12.3. The molecular weight excluding hydrogens is 560 g/mol. The maximum atomic E-state index is 13.8. The Morgan fingerprint density at radius 3 is 2.41 bits per heavy atom. The van der Waals surface area contributed by atoms with Crippen molar-refractivity contribution in [2.75, 3.05) is 61.3 Å². The second kappa shape index (κ2) is 16.3. The lowest BCUT2D eigenvalue weighted by molar-refractivity contribution is 0.0129. The number of benzene rings is 3. The predicted molar refractivity (Wildman–Crippen MR) is 171 cm³/mol. The third kappa shape index (κ3) is 8.43. The molecule has 9 heteroatoms. The van der Waals surface area contributed by atoms with Gasteiger partial charge < -0.3 is 38.6 Å². The minimum Gasteiger partial charge on any atom is -0.497 e. The van der Waals surface area contributed by atoms with E-state index < -0.39 is 0 Å². The summed E-state index contributed by atoms with van der Waals surface area (Å²) in [6.45, 7) is 7.70. The Bertz CT molecular complexity index is 1360. The summed E-state index contributed by atoms with van der Waals surface area (Å²) in [6.07, 6.45) is 0.709. The van der Waals surface area contributed by atoms with Crippen LogP contribution in [0.4, 0.5) is 0 Å². The summed E-state index contributed by atoms with van der Waals surface area (Å²) in [6, 6.07) is 19.4. The second-order valence-corrected chi connectivity index (χ2v) is 11.1. The zero-order chi connectivity index (χ0) is 31.5. The molecule has 0 saturated carbocycles. The molecular formula is C35H46N2O7. The fourth-order valence-corrected chi connectivity index (χ4v) is 5.41. The van der Waals surface area contributed by atoms with Crippen molar-refractivity contribution in [3.8, 4) is 34.1 Å². The average molecular weight is 607 g/mol. The average Bonchev–Trinajstić information content (AvgIpc) is 3.50. The Morgan fingerprint density at radius 2 is 1.68 bits per heavy atom. The molecule has 1 aliphatic rings. The smallest absolute Gasteiger partial charge is 0.254 e. The zero-order valence-electron chi connectivity index (χ0n) is 26.8. The van der Waals surface area contributed by atoms with Crippen LogP contribution in [0.15, 0.2) is 60.7 Å². The minimum absolute atomic E-state index is 0.00597. The van der Waals surface area contributed by atoms with Crippen LogP contribution in [0.25, 0.3) is 11.1 Å². The first kappa shape index (κ1) is 33.1. The molecule has 44 heavy (non-hydrogen) atoms. The highest BCUT2D eigenvalue weighted by molar-refractivity contribution is 5.95. The van der Waals surface area contributed by atoms with Crippen LogP contribution >= 0.6 is 0 Å². The van der Waals surface area contributed by atoms with E-state index in [9.17, 15) is 4.79 Å². The largest absolute Gasteiger partial charge is 0.497 e. The number of nitrogens with zero attached hydrogens (tertiary/aromatic N) is 1. The lowest BCUT2D eigenvalue weighted by Crippen LogP contribution is -2.43. The summed E-state index contributed by atoms with van der Waals surface area (Å²) in [5.74, 6) is 2.80. The van der Waals surface area contributed by atoms with E-state index in [0.29, 0.717) is 43.4 Å². The van der Waals surface area contributed by atoms with Crippen LogP contribution < -0.4 is 24.3 Å².